The SMILES string of the molecule is CCCCCCCCCC[n+]1ccc(CSCCSCc2cc[n+](CCCCCCCCCC)cc2)cc1.[Br-].[Br-]. The zero-order valence-electron chi connectivity index (χ0n) is 25.6. The molecule has 6 heteroatoms. The summed E-state index contributed by atoms with van der Waals surface area (Å²) >= 11 is 4.13. The van der Waals surface area contributed by atoms with Gasteiger partial charge in [-0.15, -0.1) is 0 Å². The summed E-state index contributed by atoms with van der Waals surface area (Å²) in [6, 6.07) is 9.27. The summed E-state index contributed by atoms with van der Waals surface area (Å²) in [4.78, 5) is 0. The van der Waals surface area contributed by atoms with Crippen LogP contribution in [0.2, 0.25) is 0 Å². The maximum atomic E-state index is 2.36. The third-order valence-electron chi connectivity index (χ3n) is 7.37. The van der Waals surface area contributed by atoms with Gasteiger partial charge in [-0.25, -0.2) is 9.13 Å². The largest absolute Gasteiger partial charge is 1.00 e. The molecule has 0 unspecified atom stereocenters. The third kappa shape index (κ3) is 21.6. The molecule has 0 saturated carbocycles. The fraction of sp³-hybridized carbons (Fsp3) is 0.706. The van der Waals surface area contributed by atoms with Gasteiger partial charge in [0.25, 0.3) is 0 Å². The van der Waals surface area contributed by atoms with Crippen LogP contribution in [0.4, 0.5) is 0 Å². The lowest BCUT2D eigenvalue weighted by atomic mass is 10.1. The first kappa shape index (κ1) is 40.0. The molecule has 2 nitrogen and oxygen atoms in total. The molecule has 0 aliphatic rings. The molecule has 2 aromatic heterocycles. The average molecular weight is 719 g/mol. The van der Waals surface area contributed by atoms with E-state index < -0.39 is 0 Å². The number of pyridine rings is 2. The van der Waals surface area contributed by atoms with Crippen LogP contribution in [0.15, 0.2) is 49.1 Å². The van der Waals surface area contributed by atoms with Crippen LogP contribution in [0, 0.1) is 0 Å². The summed E-state index contributed by atoms with van der Waals surface area (Å²) in [5.41, 5.74) is 2.91. The summed E-state index contributed by atoms with van der Waals surface area (Å²) in [5.74, 6) is 4.71. The highest BCUT2D eigenvalue weighted by molar-refractivity contribution is 8.02. The standard InChI is InChI=1S/C34H58N2S2.2BrH/c1-3-5-7-9-11-13-15-17-23-35-25-19-33(20-26-35)31-37-29-30-38-32-34-21-27-36(28-22-34)24-18-16-14-12-10-8-6-4-2;;/h19-22,25-28H,3-18,23-24,29-32H2,1-2H3;2*1H/q+2;;/p-2. The number of rotatable bonds is 25. The van der Waals surface area contributed by atoms with Crippen molar-refractivity contribution in [3.8, 4) is 0 Å². The Hall–Kier alpha value is -0.0400. The molecule has 2 rings (SSSR count). The smallest absolute Gasteiger partial charge is 0.169 e. The van der Waals surface area contributed by atoms with Gasteiger partial charge in [0.1, 0.15) is 13.1 Å². The van der Waals surface area contributed by atoms with Crippen LogP contribution in [0.1, 0.15) is 128 Å². The van der Waals surface area contributed by atoms with E-state index in [0.717, 1.165) is 24.6 Å². The van der Waals surface area contributed by atoms with Crippen molar-refractivity contribution in [3.63, 3.8) is 0 Å². The van der Waals surface area contributed by atoms with Crippen molar-refractivity contribution < 1.29 is 43.1 Å². The van der Waals surface area contributed by atoms with Gasteiger partial charge in [0.15, 0.2) is 24.8 Å². The fourth-order valence-corrected chi connectivity index (χ4v) is 6.91. The number of nitrogens with zero attached hydrogens (tertiary/aromatic N) is 2. The van der Waals surface area contributed by atoms with Crippen molar-refractivity contribution >= 4 is 23.5 Å². The van der Waals surface area contributed by atoms with Gasteiger partial charge in [0, 0.05) is 60.1 Å². The van der Waals surface area contributed by atoms with Crippen LogP contribution in [0.5, 0.6) is 0 Å². The van der Waals surface area contributed by atoms with Gasteiger partial charge in [-0.05, 0) is 24.0 Å². The summed E-state index contributed by atoms with van der Waals surface area (Å²) in [7, 11) is 0. The van der Waals surface area contributed by atoms with E-state index >= 15 is 0 Å². The summed E-state index contributed by atoms with van der Waals surface area (Å²) in [6.45, 7) is 6.91. The van der Waals surface area contributed by atoms with E-state index in [1.165, 1.54) is 125 Å². The number of hydrogen-bond acceptors (Lipinski definition) is 2. The number of unbranched alkanes of at least 4 members (excludes halogenated alkanes) is 14. The molecule has 0 bridgehead atoms. The molecule has 0 spiro atoms. The molecule has 0 aliphatic heterocycles. The first-order valence-corrected chi connectivity index (χ1v) is 18.2. The Morgan fingerprint density at radius 1 is 0.450 bits per heavy atom. The minimum Gasteiger partial charge on any atom is -1.00 e. The Balaban J connectivity index is 0.00000760. The van der Waals surface area contributed by atoms with E-state index in [9.17, 15) is 0 Å². The number of thioether (sulfide) groups is 2. The Kier molecular flexibility index (Phi) is 29.0. The maximum Gasteiger partial charge on any atom is 0.169 e. The lowest BCUT2D eigenvalue weighted by molar-refractivity contribution is -0.697. The molecule has 0 saturated heterocycles. The molecule has 0 aromatic carbocycles. The summed E-state index contributed by atoms with van der Waals surface area (Å²) in [5, 5.41) is 0. The van der Waals surface area contributed by atoms with Gasteiger partial charge in [0.05, 0.1) is 0 Å². The second-order valence-electron chi connectivity index (χ2n) is 10.9. The first-order valence-electron chi connectivity index (χ1n) is 15.9. The van der Waals surface area contributed by atoms with Gasteiger partial charge in [-0.2, -0.15) is 23.5 Å². The Morgan fingerprint density at radius 3 is 1.07 bits per heavy atom. The Labute approximate surface area is 277 Å². The Bertz CT molecular complexity index is 720. The van der Waals surface area contributed by atoms with E-state index in [1.807, 2.05) is 0 Å². The van der Waals surface area contributed by atoms with Gasteiger partial charge in [0.2, 0.25) is 0 Å². The zero-order chi connectivity index (χ0) is 26.9. The Morgan fingerprint density at radius 2 is 0.750 bits per heavy atom. The minimum absolute atomic E-state index is 0. The fourth-order valence-electron chi connectivity index (χ4n) is 4.82. The molecule has 40 heavy (non-hydrogen) atoms. The van der Waals surface area contributed by atoms with Crippen LogP contribution in [-0.4, -0.2) is 11.5 Å². The predicted octanol–water partition coefficient (Wildman–Crippen LogP) is 3.72. The molecule has 0 N–H and O–H groups in total. The van der Waals surface area contributed by atoms with E-state index in [0.29, 0.717) is 0 Å². The number of aromatic nitrogens is 2. The highest BCUT2D eigenvalue weighted by Crippen LogP contribution is 2.16. The first-order chi connectivity index (χ1) is 18.8. The molecule has 0 amide bonds. The van der Waals surface area contributed by atoms with Crippen molar-refractivity contribution in [2.24, 2.45) is 0 Å². The van der Waals surface area contributed by atoms with Crippen molar-refractivity contribution in [1.29, 1.82) is 0 Å². The molecule has 2 aromatic rings. The number of hydrogen-bond donors (Lipinski definition) is 0. The lowest BCUT2D eigenvalue weighted by Crippen LogP contribution is -3.00. The van der Waals surface area contributed by atoms with Crippen LogP contribution >= 0.6 is 23.5 Å². The van der Waals surface area contributed by atoms with Crippen molar-refractivity contribution in [2.75, 3.05) is 11.5 Å². The zero-order valence-corrected chi connectivity index (χ0v) is 30.4. The van der Waals surface area contributed by atoms with Gasteiger partial charge in [-0.3, -0.25) is 0 Å². The highest BCUT2D eigenvalue weighted by atomic mass is 79.9. The molecule has 2 heterocycles. The second-order valence-corrected chi connectivity index (χ2v) is 13.2. The van der Waals surface area contributed by atoms with Crippen molar-refractivity contribution in [3.05, 3.63) is 60.2 Å². The maximum absolute atomic E-state index is 2.36. The molecular formula is C34H58Br2N2S2. The van der Waals surface area contributed by atoms with Gasteiger partial charge >= 0.3 is 0 Å². The summed E-state index contributed by atoms with van der Waals surface area (Å²) in [6.07, 6.45) is 31.3. The van der Waals surface area contributed by atoms with E-state index in [2.05, 4.69) is 95.6 Å². The molecule has 230 valence electrons. The normalized spacial score (nSPS) is 10.8. The minimum atomic E-state index is 0. The molecule has 0 aliphatic carbocycles. The summed E-state index contributed by atoms with van der Waals surface area (Å²) < 4.78 is 4.72. The molecule has 0 radical (unpaired) electrons. The van der Waals surface area contributed by atoms with Crippen LogP contribution < -0.4 is 43.1 Å². The second kappa shape index (κ2) is 29.1. The molecule has 0 fully saturated rings. The topological polar surface area (TPSA) is 7.76 Å². The highest BCUT2D eigenvalue weighted by Gasteiger charge is 2.04. The number of aryl methyl sites for hydroxylation is 2. The van der Waals surface area contributed by atoms with E-state index in [1.54, 1.807) is 0 Å². The average Bonchev–Trinajstić information content (AvgIpc) is 2.95. The van der Waals surface area contributed by atoms with Crippen LogP contribution in [0.3, 0.4) is 0 Å². The van der Waals surface area contributed by atoms with Crippen LogP contribution in [-0.2, 0) is 24.6 Å². The van der Waals surface area contributed by atoms with Gasteiger partial charge < -0.3 is 34.0 Å². The van der Waals surface area contributed by atoms with Crippen LogP contribution in [0.25, 0.3) is 0 Å². The van der Waals surface area contributed by atoms with Crippen molar-refractivity contribution in [1.82, 2.24) is 0 Å². The van der Waals surface area contributed by atoms with E-state index in [-0.39, 0.29) is 34.0 Å². The monoisotopic (exact) mass is 716 g/mol. The molecule has 0 atom stereocenters. The van der Waals surface area contributed by atoms with E-state index in [4.69, 9.17) is 0 Å². The predicted molar refractivity (Wildman–Crippen MR) is 171 cm³/mol. The molecular weight excluding hydrogens is 660 g/mol. The van der Waals surface area contributed by atoms with Gasteiger partial charge in [-0.1, -0.05) is 90.9 Å². The number of halogens is 2. The quantitative estimate of drug-likeness (QED) is 0.114. The lowest BCUT2D eigenvalue weighted by Gasteiger charge is -2.04. The van der Waals surface area contributed by atoms with Crippen molar-refractivity contribution in [2.45, 2.75) is 141 Å². The third-order valence-corrected chi connectivity index (χ3v) is 9.69.